The molecule has 0 spiro atoms. The smallest absolute Gasteiger partial charge is 0.307 e. The van der Waals surface area contributed by atoms with Gasteiger partial charge in [0.2, 0.25) is 0 Å². The number of alkyl halides is 2. The average Bonchev–Trinajstić information content (AvgIpc) is 2.07. The summed E-state index contributed by atoms with van der Waals surface area (Å²) in [6, 6.07) is 0. The van der Waals surface area contributed by atoms with Crippen molar-refractivity contribution in [2.75, 3.05) is 0 Å². The first-order valence-corrected chi connectivity index (χ1v) is 6.00. The van der Waals surface area contributed by atoms with E-state index in [0.717, 1.165) is 0 Å². The molecule has 1 saturated carbocycles. The van der Waals surface area contributed by atoms with Crippen LogP contribution in [-0.4, -0.2) is 31.8 Å². The van der Waals surface area contributed by atoms with Gasteiger partial charge in [0.25, 0.3) is 0 Å². The molecule has 4 atom stereocenters. The van der Waals surface area contributed by atoms with Gasteiger partial charge in [0.1, 0.15) is 0 Å². The van der Waals surface area contributed by atoms with Gasteiger partial charge in [0.05, 0.1) is 11.8 Å². The normalized spacial score (nSPS) is 37.9. The first-order valence-electron chi connectivity index (χ1n) is 4.17. The molecule has 1 fully saturated rings. The van der Waals surface area contributed by atoms with Gasteiger partial charge in [-0.3, -0.25) is 9.59 Å². The average molecular weight is 330 g/mol. The Balaban J connectivity index is 2.71. The van der Waals surface area contributed by atoms with Crippen molar-refractivity contribution in [2.24, 2.45) is 11.8 Å². The summed E-state index contributed by atoms with van der Waals surface area (Å²) in [5.41, 5.74) is 0. The number of rotatable bonds is 2. The van der Waals surface area contributed by atoms with Crippen molar-refractivity contribution in [3.8, 4) is 0 Å². The lowest BCUT2D eigenvalue weighted by atomic mass is 9.82. The van der Waals surface area contributed by atoms with Crippen LogP contribution in [0.1, 0.15) is 12.8 Å². The Morgan fingerprint density at radius 1 is 0.929 bits per heavy atom. The van der Waals surface area contributed by atoms with Crippen molar-refractivity contribution < 1.29 is 19.8 Å². The molecule has 0 amide bonds. The zero-order valence-electron chi connectivity index (χ0n) is 7.19. The Kier molecular flexibility index (Phi) is 3.94. The van der Waals surface area contributed by atoms with Gasteiger partial charge in [-0.1, -0.05) is 31.9 Å². The van der Waals surface area contributed by atoms with Crippen LogP contribution in [-0.2, 0) is 9.59 Å². The third-order valence-corrected chi connectivity index (χ3v) is 4.49. The van der Waals surface area contributed by atoms with Gasteiger partial charge in [-0.25, -0.2) is 0 Å². The molecule has 0 aromatic rings. The highest BCUT2D eigenvalue weighted by Gasteiger charge is 2.41. The lowest BCUT2D eigenvalue weighted by Crippen LogP contribution is -2.40. The number of hydrogen-bond acceptors (Lipinski definition) is 2. The fourth-order valence-corrected chi connectivity index (χ4v) is 3.31. The molecule has 0 saturated heterocycles. The predicted octanol–water partition coefficient (Wildman–Crippen LogP) is 1.71. The van der Waals surface area contributed by atoms with E-state index in [-0.39, 0.29) is 9.65 Å². The Bertz CT molecular complexity index is 230. The minimum absolute atomic E-state index is 0.255. The van der Waals surface area contributed by atoms with Crippen LogP contribution >= 0.6 is 31.9 Å². The molecule has 1 rings (SSSR count). The fraction of sp³-hybridized carbons (Fsp3) is 0.750. The van der Waals surface area contributed by atoms with Crippen LogP contribution < -0.4 is 0 Å². The van der Waals surface area contributed by atoms with E-state index in [0.29, 0.717) is 12.8 Å². The Morgan fingerprint density at radius 3 is 1.43 bits per heavy atom. The van der Waals surface area contributed by atoms with Gasteiger partial charge in [-0.05, 0) is 12.8 Å². The van der Waals surface area contributed by atoms with Crippen LogP contribution in [0.15, 0.2) is 0 Å². The summed E-state index contributed by atoms with van der Waals surface area (Å²) in [6.07, 6.45) is 0.699. The summed E-state index contributed by atoms with van der Waals surface area (Å²) in [6.45, 7) is 0. The Hall–Kier alpha value is -0.100. The lowest BCUT2D eigenvalue weighted by molar-refractivity contribution is -0.147. The van der Waals surface area contributed by atoms with E-state index in [9.17, 15) is 9.59 Å². The van der Waals surface area contributed by atoms with Gasteiger partial charge < -0.3 is 10.2 Å². The maximum atomic E-state index is 10.8. The molecule has 14 heavy (non-hydrogen) atoms. The predicted molar refractivity (Wildman–Crippen MR) is 56.9 cm³/mol. The zero-order valence-corrected chi connectivity index (χ0v) is 10.4. The molecule has 80 valence electrons. The molecule has 6 heteroatoms. The first kappa shape index (κ1) is 12.0. The second kappa shape index (κ2) is 4.61. The van der Waals surface area contributed by atoms with E-state index in [1.165, 1.54) is 0 Å². The van der Waals surface area contributed by atoms with Crippen LogP contribution in [0, 0.1) is 11.8 Å². The molecule has 1 aliphatic carbocycles. The van der Waals surface area contributed by atoms with Crippen LogP contribution in [0.5, 0.6) is 0 Å². The fourth-order valence-electron chi connectivity index (χ4n) is 1.62. The van der Waals surface area contributed by atoms with Crippen molar-refractivity contribution in [1.82, 2.24) is 0 Å². The van der Waals surface area contributed by atoms with Crippen molar-refractivity contribution in [2.45, 2.75) is 22.5 Å². The van der Waals surface area contributed by atoms with E-state index in [2.05, 4.69) is 31.9 Å². The SMILES string of the molecule is O=C(O)C1CC(Br)C(C(=O)O)CC1Br. The van der Waals surface area contributed by atoms with Gasteiger partial charge in [0.15, 0.2) is 0 Å². The van der Waals surface area contributed by atoms with E-state index >= 15 is 0 Å². The molecule has 0 aromatic heterocycles. The van der Waals surface area contributed by atoms with Crippen molar-refractivity contribution in [3.05, 3.63) is 0 Å². The van der Waals surface area contributed by atoms with Crippen LogP contribution in [0.3, 0.4) is 0 Å². The maximum absolute atomic E-state index is 10.8. The molecule has 4 nitrogen and oxygen atoms in total. The number of carboxylic acid groups (broad SMARTS) is 2. The lowest BCUT2D eigenvalue weighted by Gasteiger charge is -2.32. The Labute approximate surface area is 97.9 Å². The quantitative estimate of drug-likeness (QED) is 0.756. The molecule has 0 aromatic carbocycles. The second-order valence-corrected chi connectivity index (χ2v) is 5.75. The van der Waals surface area contributed by atoms with Crippen molar-refractivity contribution in [1.29, 1.82) is 0 Å². The number of carboxylic acids is 2. The molecule has 0 aliphatic heterocycles. The van der Waals surface area contributed by atoms with E-state index in [1.807, 2.05) is 0 Å². The highest BCUT2D eigenvalue weighted by molar-refractivity contribution is 9.10. The van der Waals surface area contributed by atoms with Crippen LogP contribution in [0.2, 0.25) is 0 Å². The Morgan fingerprint density at radius 2 is 1.21 bits per heavy atom. The highest BCUT2D eigenvalue weighted by atomic mass is 79.9. The molecule has 0 heterocycles. The number of hydrogen-bond donors (Lipinski definition) is 2. The molecule has 0 bridgehead atoms. The molecular weight excluding hydrogens is 320 g/mol. The van der Waals surface area contributed by atoms with E-state index in [1.54, 1.807) is 0 Å². The number of halogens is 2. The van der Waals surface area contributed by atoms with Crippen molar-refractivity contribution in [3.63, 3.8) is 0 Å². The summed E-state index contributed by atoms with van der Waals surface area (Å²) in [5, 5.41) is 17.7. The largest absolute Gasteiger partial charge is 0.481 e. The van der Waals surface area contributed by atoms with E-state index in [4.69, 9.17) is 10.2 Å². The third-order valence-electron chi connectivity index (χ3n) is 2.47. The summed E-state index contributed by atoms with van der Waals surface area (Å²) < 4.78 is 0. The third kappa shape index (κ3) is 2.48. The highest BCUT2D eigenvalue weighted by Crippen LogP contribution is 2.37. The summed E-state index contributed by atoms with van der Waals surface area (Å²) in [4.78, 5) is 21.1. The van der Waals surface area contributed by atoms with Gasteiger partial charge in [-0.2, -0.15) is 0 Å². The van der Waals surface area contributed by atoms with Gasteiger partial charge in [0, 0.05) is 9.65 Å². The molecular formula is C8H10Br2O4. The van der Waals surface area contributed by atoms with Gasteiger partial charge >= 0.3 is 11.9 Å². The summed E-state index contributed by atoms with van der Waals surface area (Å²) in [5.74, 6) is -2.76. The molecule has 4 unspecified atom stereocenters. The number of aliphatic carboxylic acids is 2. The molecule has 0 radical (unpaired) electrons. The monoisotopic (exact) mass is 328 g/mol. The van der Waals surface area contributed by atoms with Crippen LogP contribution in [0.25, 0.3) is 0 Å². The summed E-state index contributed by atoms with van der Waals surface area (Å²) in [7, 11) is 0. The minimum Gasteiger partial charge on any atom is -0.481 e. The standard InChI is InChI=1S/C8H10Br2O4/c9-5-1-3(7(11)12)6(10)2-4(5)8(13)14/h3-6H,1-2H2,(H,11,12)(H,13,14). The zero-order chi connectivity index (χ0) is 10.9. The second-order valence-electron chi connectivity index (χ2n) is 3.39. The van der Waals surface area contributed by atoms with E-state index < -0.39 is 23.8 Å². The van der Waals surface area contributed by atoms with Crippen molar-refractivity contribution >= 4 is 43.8 Å². The summed E-state index contributed by atoms with van der Waals surface area (Å²) >= 11 is 6.45. The van der Waals surface area contributed by atoms with Crippen LogP contribution in [0.4, 0.5) is 0 Å². The van der Waals surface area contributed by atoms with Gasteiger partial charge in [-0.15, -0.1) is 0 Å². The topological polar surface area (TPSA) is 74.6 Å². The molecule has 2 N–H and O–H groups in total. The number of carbonyl (C=O) groups is 2. The maximum Gasteiger partial charge on any atom is 0.307 e. The minimum atomic E-state index is -0.875. The first-order chi connectivity index (χ1) is 6.43. The molecule has 1 aliphatic rings.